The second-order valence-electron chi connectivity index (χ2n) is 5.34. The number of hydrogen-bond donors (Lipinski definition) is 1. The van der Waals surface area contributed by atoms with Gasteiger partial charge in [-0.3, -0.25) is 0 Å². The number of nitrogens with one attached hydrogen (secondary N) is 1. The monoisotopic (exact) mass is 255 g/mol. The average molecular weight is 256 g/mol. The molecule has 0 aromatic heterocycles. The Kier molecular flexibility index (Phi) is 3.62. The minimum Gasteiger partial charge on any atom is -0.385 e. The molecule has 0 bridgehead atoms. The third-order valence-electron chi connectivity index (χ3n) is 3.56. The number of halogens is 2. The van der Waals surface area contributed by atoms with E-state index in [0.29, 0.717) is 5.88 Å². The van der Waals surface area contributed by atoms with Gasteiger partial charge in [-0.25, -0.2) is 4.39 Å². The zero-order chi connectivity index (χ0) is 12.5. The van der Waals surface area contributed by atoms with E-state index in [-0.39, 0.29) is 11.2 Å². The third-order valence-corrected chi connectivity index (χ3v) is 3.83. The Labute approximate surface area is 107 Å². The van der Waals surface area contributed by atoms with E-state index in [2.05, 4.69) is 19.2 Å². The molecule has 1 nitrogen and oxygen atoms in total. The van der Waals surface area contributed by atoms with E-state index in [1.54, 1.807) is 6.07 Å². The van der Waals surface area contributed by atoms with E-state index >= 15 is 0 Å². The molecule has 0 saturated carbocycles. The van der Waals surface area contributed by atoms with E-state index in [0.717, 1.165) is 37.1 Å². The summed E-state index contributed by atoms with van der Waals surface area (Å²) < 4.78 is 13.9. The summed E-state index contributed by atoms with van der Waals surface area (Å²) in [6.45, 7) is 5.35. The van der Waals surface area contributed by atoms with Crippen LogP contribution < -0.4 is 5.32 Å². The van der Waals surface area contributed by atoms with Gasteiger partial charge >= 0.3 is 0 Å². The van der Waals surface area contributed by atoms with Crippen molar-refractivity contribution in [2.75, 3.05) is 17.7 Å². The smallest absolute Gasteiger partial charge is 0.128 e. The van der Waals surface area contributed by atoms with Gasteiger partial charge < -0.3 is 5.32 Å². The summed E-state index contributed by atoms with van der Waals surface area (Å²) in [4.78, 5) is 0. The van der Waals surface area contributed by atoms with Crippen LogP contribution >= 0.6 is 11.6 Å². The van der Waals surface area contributed by atoms with Crippen LogP contribution in [0.25, 0.3) is 0 Å². The van der Waals surface area contributed by atoms with E-state index in [9.17, 15) is 4.39 Å². The highest BCUT2D eigenvalue weighted by Gasteiger charge is 2.28. The van der Waals surface area contributed by atoms with Crippen molar-refractivity contribution < 1.29 is 4.39 Å². The largest absolute Gasteiger partial charge is 0.385 e. The number of hydrogen-bond acceptors (Lipinski definition) is 1. The Morgan fingerprint density at radius 2 is 2.18 bits per heavy atom. The fraction of sp³-hybridized carbons (Fsp3) is 0.571. The van der Waals surface area contributed by atoms with Gasteiger partial charge in [-0.15, -0.1) is 11.6 Å². The molecular formula is C14H19ClFN. The predicted molar refractivity (Wildman–Crippen MR) is 71.6 cm³/mol. The quantitative estimate of drug-likeness (QED) is 0.803. The Hall–Kier alpha value is -0.760. The predicted octanol–water partition coefficient (Wildman–Crippen LogP) is 4.09. The van der Waals surface area contributed by atoms with Crippen molar-refractivity contribution in [2.24, 2.45) is 0 Å². The first-order valence-corrected chi connectivity index (χ1v) is 6.71. The fourth-order valence-corrected chi connectivity index (χ4v) is 2.55. The average Bonchev–Trinajstić information content (AvgIpc) is 2.26. The molecule has 0 fully saturated rings. The minimum absolute atomic E-state index is 0.112. The number of fused-ring (bicyclic) bond motifs is 1. The normalized spacial score (nSPS) is 17.4. The highest BCUT2D eigenvalue weighted by molar-refractivity contribution is 6.17. The molecule has 1 aliphatic heterocycles. The van der Waals surface area contributed by atoms with Gasteiger partial charge in [-0.2, -0.15) is 0 Å². The van der Waals surface area contributed by atoms with E-state index in [4.69, 9.17) is 11.6 Å². The van der Waals surface area contributed by atoms with Gasteiger partial charge in [0.05, 0.1) is 0 Å². The molecule has 0 unspecified atom stereocenters. The summed E-state index contributed by atoms with van der Waals surface area (Å²) >= 11 is 5.67. The lowest BCUT2D eigenvalue weighted by atomic mass is 9.77. The van der Waals surface area contributed by atoms with Crippen LogP contribution in [0, 0.1) is 5.82 Å². The number of anilines is 1. The highest BCUT2D eigenvalue weighted by Crippen LogP contribution is 2.38. The second-order valence-corrected chi connectivity index (χ2v) is 5.72. The standard InChI is InChI=1S/C14H19ClFN/c1-14(2)5-7-17-13-9-12(16)10(4-3-6-15)8-11(13)14/h8-9,17H,3-7H2,1-2H3. The number of aryl methyl sites for hydroxylation is 1. The van der Waals surface area contributed by atoms with Crippen LogP contribution in [0.4, 0.5) is 10.1 Å². The molecule has 2 rings (SSSR count). The molecule has 1 heterocycles. The zero-order valence-corrected chi connectivity index (χ0v) is 11.2. The van der Waals surface area contributed by atoms with Crippen molar-refractivity contribution in [3.8, 4) is 0 Å². The fourth-order valence-electron chi connectivity index (χ4n) is 2.42. The first-order chi connectivity index (χ1) is 8.04. The van der Waals surface area contributed by atoms with E-state index in [1.165, 1.54) is 5.56 Å². The molecular weight excluding hydrogens is 237 g/mol. The lowest BCUT2D eigenvalue weighted by Gasteiger charge is -2.33. The summed E-state index contributed by atoms with van der Waals surface area (Å²) in [7, 11) is 0. The maximum atomic E-state index is 13.9. The first kappa shape index (κ1) is 12.7. The third kappa shape index (κ3) is 2.57. The van der Waals surface area contributed by atoms with Crippen molar-refractivity contribution in [1.82, 2.24) is 0 Å². The highest BCUT2D eigenvalue weighted by atomic mass is 35.5. The molecule has 0 atom stereocenters. The lowest BCUT2D eigenvalue weighted by molar-refractivity contribution is 0.478. The van der Waals surface area contributed by atoms with E-state index < -0.39 is 0 Å². The van der Waals surface area contributed by atoms with Gasteiger partial charge in [0.2, 0.25) is 0 Å². The number of alkyl halides is 1. The van der Waals surface area contributed by atoms with Gasteiger partial charge in [0.1, 0.15) is 5.82 Å². The molecule has 1 aromatic rings. The van der Waals surface area contributed by atoms with Crippen molar-refractivity contribution in [3.05, 3.63) is 29.1 Å². The molecule has 0 amide bonds. The summed E-state index contributed by atoms with van der Waals surface area (Å²) in [6.07, 6.45) is 2.63. The Bertz CT molecular complexity index is 415. The van der Waals surface area contributed by atoms with Gasteiger partial charge in [0.25, 0.3) is 0 Å². The van der Waals surface area contributed by atoms with Gasteiger partial charge in [-0.05, 0) is 41.9 Å². The van der Waals surface area contributed by atoms with Gasteiger partial charge in [-0.1, -0.05) is 19.9 Å². The Balaban J connectivity index is 2.38. The van der Waals surface area contributed by atoms with Crippen LogP contribution in [0.3, 0.4) is 0 Å². The van der Waals surface area contributed by atoms with Crippen molar-refractivity contribution in [1.29, 1.82) is 0 Å². The second kappa shape index (κ2) is 4.85. The first-order valence-electron chi connectivity index (χ1n) is 6.17. The number of benzene rings is 1. The molecule has 0 spiro atoms. The summed E-state index contributed by atoms with van der Waals surface area (Å²) in [5.41, 5.74) is 3.11. The van der Waals surface area contributed by atoms with E-state index in [1.807, 2.05) is 6.07 Å². The Morgan fingerprint density at radius 1 is 1.41 bits per heavy atom. The van der Waals surface area contributed by atoms with Crippen molar-refractivity contribution in [2.45, 2.75) is 38.5 Å². The van der Waals surface area contributed by atoms with Crippen LogP contribution in [-0.4, -0.2) is 12.4 Å². The lowest BCUT2D eigenvalue weighted by Crippen LogP contribution is -2.28. The summed E-state index contributed by atoms with van der Waals surface area (Å²) in [5, 5.41) is 3.28. The van der Waals surface area contributed by atoms with Crippen LogP contribution in [0.1, 0.15) is 37.8 Å². The van der Waals surface area contributed by atoms with Crippen LogP contribution in [0.5, 0.6) is 0 Å². The number of rotatable bonds is 3. The zero-order valence-electron chi connectivity index (χ0n) is 10.4. The van der Waals surface area contributed by atoms with Crippen molar-refractivity contribution >= 4 is 17.3 Å². The molecule has 0 aliphatic carbocycles. The van der Waals surface area contributed by atoms with Crippen LogP contribution in [0.15, 0.2) is 12.1 Å². The van der Waals surface area contributed by atoms with Crippen molar-refractivity contribution in [3.63, 3.8) is 0 Å². The maximum Gasteiger partial charge on any atom is 0.128 e. The molecule has 1 aromatic carbocycles. The molecule has 17 heavy (non-hydrogen) atoms. The maximum absolute atomic E-state index is 13.9. The van der Waals surface area contributed by atoms with Crippen LogP contribution in [-0.2, 0) is 11.8 Å². The molecule has 94 valence electrons. The molecule has 1 N–H and O–H groups in total. The van der Waals surface area contributed by atoms with Crippen LogP contribution in [0.2, 0.25) is 0 Å². The molecule has 0 radical (unpaired) electrons. The van der Waals surface area contributed by atoms with Gasteiger partial charge in [0.15, 0.2) is 0 Å². The van der Waals surface area contributed by atoms with Gasteiger partial charge in [0, 0.05) is 18.1 Å². The topological polar surface area (TPSA) is 12.0 Å². The Morgan fingerprint density at radius 3 is 2.88 bits per heavy atom. The summed E-state index contributed by atoms with van der Waals surface area (Å²) in [6, 6.07) is 3.66. The molecule has 3 heteroatoms. The summed E-state index contributed by atoms with van der Waals surface area (Å²) in [5.74, 6) is 0.470. The SMILES string of the molecule is CC1(C)CCNc2cc(F)c(CCCCl)cc21. The molecule has 0 saturated heterocycles. The minimum atomic E-state index is -0.112. The molecule has 1 aliphatic rings.